The number of hydrogen-bond acceptors (Lipinski definition) is 4. The number of nitrogens with one attached hydrogen (secondary N) is 2. The first-order chi connectivity index (χ1) is 13.1. The lowest BCUT2D eigenvalue weighted by atomic mass is 10.2. The molecule has 0 radical (unpaired) electrons. The van der Waals surface area contributed by atoms with Gasteiger partial charge in [0.1, 0.15) is 23.2 Å². The number of alkyl carbamates (subject to hydrolysis) is 1. The number of rotatable bonds is 3. The molecule has 0 spiro atoms. The van der Waals surface area contributed by atoms with Crippen molar-refractivity contribution < 1.29 is 14.3 Å². The predicted octanol–water partition coefficient (Wildman–Crippen LogP) is 3.99. The minimum Gasteiger partial charge on any atom is -0.444 e. The molecule has 0 saturated carbocycles. The van der Waals surface area contributed by atoms with Crippen LogP contribution in [0.1, 0.15) is 39.0 Å². The number of nitrogens with zero attached hydrogens (tertiary/aromatic N) is 1. The van der Waals surface area contributed by atoms with Gasteiger partial charge in [0.15, 0.2) is 0 Å². The van der Waals surface area contributed by atoms with Gasteiger partial charge in [-0.1, -0.05) is 35.7 Å². The molecule has 2 aromatic rings. The minimum atomic E-state index is -0.825. The van der Waals surface area contributed by atoms with E-state index in [9.17, 15) is 9.59 Å². The van der Waals surface area contributed by atoms with Crippen molar-refractivity contribution in [3.05, 3.63) is 58.7 Å². The van der Waals surface area contributed by atoms with Crippen molar-refractivity contribution in [3.63, 3.8) is 0 Å². The molecule has 0 aliphatic rings. The van der Waals surface area contributed by atoms with Crippen LogP contribution in [0.2, 0.25) is 5.02 Å². The van der Waals surface area contributed by atoms with Crippen molar-refractivity contribution in [2.45, 2.75) is 39.3 Å². The molecule has 2 amide bonds. The fraction of sp³-hybridized carbons (Fsp3) is 0.286. The molecular formula is C21H22ClN3O3. The van der Waals surface area contributed by atoms with E-state index in [1.54, 1.807) is 33.8 Å². The number of aromatic nitrogens is 1. The smallest absolute Gasteiger partial charge is 0.408 e. The molecule has 2 N–H and O–H groups in total. The summed E-state index contributed by atoms with van der Waals surface area (Å²) in [5, 5.41) is 5.47. The standard InChI is InChI=1S/C21H22ClN3O3/c1-14(23-20(27)28-21(2,3)4)19(26)25-18-13-16(22)12-17(24-18)11-10-15-8-6-5-7-9-15/h5-9,12-14H,1-4H3,(H,23,27)(H,24,25,26). The van der Waals surface area contributed by atoms with E-state index in [4.69, 9.17) is 16.3 Å². The zero-order valence-corrected chi connectivity index (χ0v) is 16.9. The van der Waals surface area contributed by atoms with Crippen molar-refractivity contribution in [3.8, 4) is 11.8 Å². The Morgan fingerprint density at radius 3 is 2.46 bits per heavy atom. The molecule has 1 aromatic carbocycles. The third-order valence-electron chi connectivity index (χ3n) is 3.28. The van der Waals surface area contributed by atoms with Gasteiger partial charge in [0.2, 0.25) is 5.91 Å². The maximum atomic E-state index is 12.3. The highest BCUT2D eigenvalue weighted by atomic mass is 35.5. The average molecular weight is 400 g/mol. The zero-order chi connectivity index (χ0) is 20.7. The molecule has 0 bridgehead atoms. The lowest BCUT2D eigenvalue weighted by Crippen LogP contribution is -2.44. The summed E-state index contributed by atoms with van der Waals surface area (Å²) in [5.74, 6) is 5.69. The van der Waals surface area contributed by atoms with Crippen molar-refractivity contribution >= 4 is 29.4 Å². The number of carbonyl (C=O) groups excluding carboxylic acids is 2. The second-order valence-corrected chi connectivity index (χ2v) is 7.47. The SMILES string of the molecule is CC(NC(=O)OC(C)(C)C)C(=O)Nc1cc(Cl)cc(C#Cc2ccccc2)n1. The van der Waals surface area contributed by atoms with Crippen LogP contribution in [0.25, 0.3) is 0 Å². The number of hydrogen-bond donors (Lipinski definition) is 2. The first-order valence-electron chi connectivity index (χ1n) is 8.67. The van der Waals surface area contributed by atoms with Gasteiger partial charge in [-0.05, 0) is 57.9 Å². The van der Waals surface area contributed by atoms with E-state index >= 15 is 0 Å². The predicted molar refractivity (Wildman–Crippen MR) is 109 cm³/mol. The van der Waals surface area contributed by atoms with E-state index in [1.165, 1.54) is 6.07 Å². The van der Waals surface area contributed by atoms with Crippen LogP contribution in [0.4, 0.5) is 10.6 Å². The fourth-order valence-corrected chi connectivity index (χ4v) is 2.27. The summed E-state index contributed by atoms with van der Waals surface area (Å²) in [6, 6.07) is 11.7. The molecule has 0 fully saturated rings. The summed E-state index contributed by atoms with van der Waals surface area (Å²) in [6.07, 6.45) is -0.677. The van der Waals surface area contributed by atoms with Crippen LogP contribution in [0.15, 0.2) is 42.5 Å². The first-order valence-corrected chi connectivity index (χ1v) is 9.05. The van der Waals surface area contributed by atoms with E-state index in [0.29, 0.717) is 10.7 Å². The topological polar surface area (TPSA) is 80.3 Å². The fourth-order valence-electron chi connectivity index (χ4n) is 2.07. The molecule has 28 heavy (non-hydrogen) atoms. The Hall–Kier alpha value is -3.04. The Bertz CT molecular complexity index is 912. The van der Waals surface area contributed by atoms with Crippen LogP contribution in [-0.4, -0.2) is 28.6 Å². The number of halogens is 1. The van der Waals surface area contributed by atoms with Crippen molar-refractivity contribution in [2.24, 2.45) is 0 Å². The van der Waals surface area contributed by atoms with Crippen LogP contribution in [0.5, 0.6) is 0 Å². The zero-order valence-electron chi connectivity index (χ0n) is 16.2. The van der Waals surface area contributed by atoms with Gasteiger partial charge in [0, 0.05) is 10.6 Å². The number of benzene rings is 1. The molecule has 1 heterocycles. The summed E-state index contributed by atoms with van der Waals surface area (Å²) in [5.41, 5.74) is 0.602. The van der Waals surface area contributed by atoms with Crippen molar-refractivity contribution in [2.75, 3.05) is 5.32 Å². The van der Waals surface area contributed by atoms with Gasteiger partial charge in [-0.25, -0.2) is 9.78 Å². The van der Waals surface area contributed by atoms with Gasteiger partial charge < -0.3 is 15.4 Å². The number of pyridine rings is 1. The van der Waals surface area contributed by atoms with Gasteiger partial charge in [-0.15, -0.1) is 0 Å². The van der Waals surface area contributed by atoms with E-state index in [-0.39, 0.29) is 5.82 Å². The summed E-state index contributed by atoms with van der Waals surface area (Å²) in [4.78, 5) is 28.4. The Kier molecular flexibility index (Phi) is 7.02. The quantitative estimate of drug-likeness (QED) is 0.765. The van der Waals surface area contributed by atoms with Crippen LogP contribution >= 0.6 is 11.6 Å². The number of ether oxygens (including phenoxy) is 1. The minimum absolute atomic E-state index is 0.243. The molecule has 1 atom stereocenters. The van der Waals surface area contributed by atoms with Gasteiger partial charge >= 0.3 is 6.09 Å². The number of anilines is 1. The molecule has 146 valence electrons. The highest BCUT2D eigenvalue weighted by Gasteiger charge is 2.21. The van der Waals surface area contributed by atoms with Gasteiger partial charge in [-0.3, -0.25) is 4.79 Å². The van der Waals surface area contributed by atoms with Crippen LogP contribution in [0.3, 0.4) is 0 Å². The van der Waals surface area contributed by atoms with Crippen LogP contribution in [0, 0.1) is 11.8 Å². The molecular weight excluding hydrogens is 378 g/mol. The van der Waals surface area contributed by atoms with Crippen molar-refractivity contribution in [1.29, 1.82) is 0 Å². The third-order valence-corrected chi connectivity index (χ3v) is 3.49. The molecule has 2 rings (SSSR count). The Morgan fingerprint density at radius 2 is 1.82 bits per heavy atom. The monoisotopic (exact) mass is 399 g/mol. The molecule has 0 aliphatic carbocycles. The largest absolute Gasteiger partial charge is 0.444 e. The molecule has 7 heteroatoms. The summed E-state index contributed by atoms with van der Waals surface area (Å²) >= 11 is 6.10. The van der Waals surface area contributed by atoms with Crippen LogP contribution < -0.4 is 10.6 Å². The van der Waals surface area contributed by atoms with Crippen LogP contribution in [-0.2, 0) is 9.53 Å². The first kappa shape index (κ1) is 21.3. The van der Waals surface area contributed by atoms with Gasteiger partial charge in [0.25, 0.3) is 0 Å². The normalized spacial score (nSPS) is 11.6. The Balaban J connectivity index is 2.05. The maximum Gasteiger partial charge on any atom is 0.408 e. The average Bonchev–Trinajstić information content (AvgIpc) is 2.58. The summed E-state index contributed by atoms with van der Waals surface area (Å²) in [7, 11) is 0. The molecule has 0 saturated heterocycles. The number of amides is 2. The van der Waals surface area contributed by atoms with Gasteiger partial charge in [0.05, 0.1) is 0 Å². The lowest BCUT2D eigenvalue weighted by Gasteiger charge is -2.21. The molecule has 1 unspecified atom stereocenters. The molecule has 0 aliphatic heterocycles. The Labute approximate surface area is 169 Å². The van der Waals surface area contributed by atoms with E-state index in [0.717, 1.165) is 5.56 Å². The van der Waals surface area contributed by atoms with E-state index in [1.807, 2.05) is 30.3 Å². The third kappa shape index (κ3) is 7.29. The maximum absolute atomic E-state index is 12.3. The molecule has 1 aromatic heterocycles. The summed E-state index contributed by atoms with van der Waals surface area (Å²) in [6.45, 7) is 6.77. The Morgan fingerprint density at radius 1 is 1.14 bits per heavy atom. The summed E-state index contributed by atoms with van der Waals surface area (Å²) < 4.78 is 5.14. The van der Waals surface area contributed by atoms with E-state index < -0.39 is 23.6 Å². The highest BCUT2D eigenvalue weighted by molar-refractivity contribution is 6.31. The lowest BCUT2D eigenvalue weighted by molar-refractivity contribution is -0.117. The molecule has 6 nitrogen and oxygen atoms in total. The van der Waals surface area contributed by atoms with E-state index in [2.05, 4.69) is 27.5 Å². The second kappa shape index (κ2) is 9.25. The van der Waals surface area contributed by atoms with Gasteiger partial charge in [-0.2, -0.15) is 0 Å². The second-order valence-electron chi connectivity index (χ2n) is 7.03. The number of carbonyl (C=O) groups is 2. The highest BCUT2D eigenvalue weighted by Crippen LogP contribution is 2.15. The van der Waals surface area contributed by atoms with Crippen molar-refractivity contribution in [1.82, 2.24) is 10.3 Å².